The van der Waals surface area contributed by atoms with Crippen molar-refractivity contribution in [3.63, 3.8) is 0 Å². The minimum atomic E-state index is -0.145. The second-order valence-corrected chi connectivity index (χ2v) is 7.08. The summed E-state index contributed by atoms with van der Waals surface area (Å²) >= 11 is 12.2. The number of benzene rings is 2. The fourth-order valence-electron chi connectivity index (χ4n) is 3.15. The SMILES string of the molecule is C[C@H](C(=O)Nc1cccc(Cl)c1Cl)[NH+]1CCN(c2ccccc2)CC1. The van der Waals surface area contributed by atoms with Crippen molar-refractivity contribution in [2.75, 3.05) is 36.4 Å². The van der Waals surface area contributed by atoms with Crippen LogP contribution in [0.25, 0.3) is 0 Å². The predicted octanol–water partition coefficient (Wildman–Crippen LogP) is 2.73. The molecule has 25 heavy (non-hydrogen) atoms. The summed E-state index contributed by atoms with van der Waals surface area (Å²) in [7, 11) is 0. The molecule has 3 rings (SSSR count). The van der Waals surface area contributed by atoms with Gasteiger partial charge in [0.15, 0.2) is 6.04 Å². The lowest BCUT2D eigenvalue weighted by molar-refractivity contribution is -0.914. The molecule has 0 radical (unpaired) electrons. The lowest BCUT2D eigenvalue weighted by atomic mass is 10.2. The van der Waals surface area contributed by atoms with Crippen molar-refractivity contribution in [3.05, 3.63) is 58.6 Å². The van der Waals surface area contributed by atoms with E-state index in [-0.39, 0.29) is 11.9 Å². The number of nitrogens with zero attached hydrogens (tertiary/aromatic N) is 1. The first kappa shape index (κ1) is 18.1. The topological polar surface area (TPSA) is 36.8 Å². The number of quaternary nitrogens is 1. The molecule has 2 aromatic rings. The van der Waals surface area contributed by atoms with E-state index in [1.165, 1.54) is 10.6 Å². The molecule has 0 spiro atoms. The van der Waals surface area contributed by atoms with Gasteiger partial charge in [-0.25, -0.2) is 0 Å². The van der Waals surface area contributed by atoms with E-state index < -0.39 is 0 Å². The van der Waals surface area contributed by atoms with E-state index in [4.69, 9.17) is 23.2 Å². The Balaban J connectivity index is 1.58. The summed E-state index contributed by atoms with van der Waals surface area (Å²) < 4.78 is 0. The molecule has 0 saturated carbocycles. The second-order valence-electron chi connectivity index (χ2n) is 6.29. The van der Waals surface area contributed by atoms with Gasteiger partial charge >= 0.3 is 0 Å². The lowest BCUT2D eigenvalue weighted by Gasteiger charge is -2.36. The Morgan fingerprint density at radius 3 is 2.44 bits per heavy atom. The van der Waals surface area contributed by atoms with Crippen LogP contribution < -0.4 is 15.1 Å². The molecule has 1 saturated heterocycles. The maximum Gasteiger partial charge on any atom is 0.282 e. The Hall–Kier alpha value is -1.75. The van der Waals surface area contributed by atoms with Crippen molar-refractivity contribution in [2.45, 2.75) is 13.0 Å². The second kappa shape index (κ2) is 8.09. The van der Waals surface area contributed by atoms with Crippen LogP contribution >= 0.6 is 23.2 Å². The van der Waals surface area contributed by atoms with Gasteiger partial charge in [-0.1, -0.05) is 47.5 Å². The van der Waals surface area contributed by atoms with Crippen LogP contribution in [-0.2, 0) is 4.79 Å². The molecule has 1 fully saturated rings. The predicted molar refractivity (Wildman–Crippen MR) is 104 cm³/mol. The Morgan fingerprint density at radius 1 is 1.08 bits per heavy atom. The van der Waals surface area contributed by atoms with Crippen LogP contribution in [0.4, 0.5) is 11.4 Å². The maximum absolute atomic E-state index is 12.6. The number of nitrogens with one attached hydrogen (secondary N) is 2. The van der Waals surface area contributed by atoms with E-state index in [2.05, 4.69) is 34.5 Å². The number of para-hydroxylation sites is 1. The minimum Gasteiger partial charge on any atom is -0.360 e. The van der Waals surface area contributed by atoms with Crippen LogP contribution in [0.2, 0.25) is 10.0 Å². The Bertz CT molecular complexity index is 731. The zero-order chi connectivity index (χ0) is 17.8. The highest BCUT2D eigenvalue weighted by atomic mass is 35.5. The largest absolute Gasteiger partial charge is 0.360 e. The fourth-order valence-corrected chi connectivity index (χ4v) is 3.50. The van der Waals surface area contributed by atoms with Gasteiger partial charge in [-0.15, -0.1) is 0 Å². The first-order chi connectivity index (χ1) is 12.1. The van der Waals surface area contributed by atoms with Gasteiger partial charge in [0.05, 0.1) is 41.9 Å². The highest BCUT2D eigenvalue weighted by molar-refractivity contribution is 6.44. The molecule has 1 aliphatic heterocycles. The minimum absolute atomic E-state index is 0.0349. The normalized spacial score (nSPS) is 16.5. The molecule has 4 nitrogen and oxygen atoms in total. The number of carbonyl (C=O) groups excluding carboxylic acids is 1. The molecule has 132 valence electrons. The van der Waals surface area contributed by atoms with E-state index in [0.717, 1.165) is 26.2 Å². The molecule has 1 atom stereocenters. The summed E-state index contributed by atoms with van der Waals surface area (Å²) in [6.07, 6.45) is 0. The third-order valence-electron chi connectivity index (χ3n) is 4.74. The van der Waals surface area contributed by atoms with Crippen molar-refractivity contribution in [2.24, 2.45) is 0 Å². The summed E-state index contributed by atoms with van der Waals surface area (Å²) in [5.74, 6) is -0.0349. The van der Waals surface area contributed by atoms with Crippen LogP contribution in [0.3, 0.4) is 0 Å². The van der Waals surface area contributed by atoms with Crippen molar-refractivity contribution in [1.82, 2.24) is 0 Å². The van der Waals surface area contributed by atoms with E-state index in [1.807, 2.05) is 13.0 Å². The zero-order valence-electron chi connectivity index (χ0n) is 14.1. The number of amides is 1. The molecular formula is C19H22Cl2N3O+. The molecule has 2 aromatic carbocycles. The van der Waals surface area contributed by atoms with Gasteiger partial charge in [0.2, 0.25) is 0 Å². The number of anilines is 2. The molecule has 6 heteroatoms. The summed E-state index contributed by atoms with van der Waals surface area (Å²) in [5.41, 5.74) is 1.80. The number of carbonyl (C=O) groups is 1. The molecular weight excluding hydrogens is 357 g/mol. The van der Waals surface area contributed by atoms with Crippen LogP contribution in [0, 0.1) is 0 Å². The standard InChI is InChI=1S/C19H21Cl2N3O/c1-14(19(25)22-17-9-5-8-16(20)18(17)21)23-10-12-24(13-11-23)15-6-3-2-4-7-15/h2-9,14H,10-13H2,1H3,(H,22,25)/p+1/t14-/m1/s1. The summed E-state index contributed by atoms with van der Waals surface area (Å²) in [5, 5.41) is 3.72. The Labute approximate surface area is 158 Å². The molecule has 0 unspecified atom stereocenters. The summed E-state index contributed by atoms with van der Waals surface area (Å²) in [4.78, 5) is 16.2. The summed E-state index contributed by atoms with van der Waals surface area (Å²) in [6.45, 7) is 5.69. The number of hydrogen-bond donors (Lipinski definition) is 2. The monoisotopic (exact) mass is 378 g/mol. The van der Waals surface area contributed by atoms with Gasteiger partial charge in [0, 0.05) is 5.69 Å². The first-order valence-electron chi connectivity index (χ1n) is 8.45. The van der Waals surface area contributed by atoms with E-state index in [9.17, 15) is 4.79 Å². The quantitative estimate of drug-likeness (QED) is 0.857. The van der Waals surface area contributed by atoms with Gasteiger partial charge in [0.25, 0.3) is 5.91 Å². The van der Waals surface area contributed by atoms with E-state index in [1.54, 1.807) is 18.2 Å². The third kappa shape index (κ3) is 4.27. The smallest absolute Gasteiger partial charge is 0.282 e. The number of halogens is 2. The molecule has 0 aliphatic carbocycles. The van der Waals surface area contributed by atoms with Gasteiger partial charge in [-0.2, -0.15) is 0 Å². The Kier molecular flexibility index (Phi) is 5.84. The fraction of sp³-hybridized carbons (Fsp3) is 0.316. The molecule has 0 bridgehead atoms. The van der Waals surface area contributed by atoms with Crippen molar-refractivity contribution >= 4 is 40.5 Å². The van der Waals surface area contributed by atoms with Crippen LogP contribution in [0.15, 0.2) is 48.5 Å². The van der Waals surface area contributed by atoms with Crippen molar-refractivity contribution in [3.8, 4) is 0 Å². The van der Waals surface area contributed by atoms with Crippen LogP contribution in [-0.4, -0.2) is 38.1 Å². The van der Waals surface area contributed by atoms with E-state index >= 15 is 0 Å². The van der Waals surface area contributed by atoms with Crippen LogP contribution in [0.1, 0.15) is 6.92 Å². The van der Waals surface area contributed by atoms with Gasteiger partial charge in [-0.3, -0.25) is 4.79 Å². The van der Waals surface area contributed by atoms with Crippen LogP contribution in [0.5, 0.6) is 0 Å². The summed E-state index contributed by atoms with van der Waals surface area (Å²) in [6, 6.07) is 15.5. The number of piperazine rings is 1. The zero-order valence-corrected chi connectivity index (χ0v) is 15.6. The van der Waals surface area contributed by atoms with Gasteiger partial charge in [-0.05, 0) is 31.2 Å². The van der Waals surface area contributed by atoms with Crippen molar-refractivity contribution in [1.29, 1.82) is 0 Å². The number of hydrogen-bond acceptors (Lipinski definition) is 2. The van der Waals surface area contributed by atoms with E-state index in [0.29, 0.717) is 15.7 Å². The molecule has 1 amide bonds. The molecule has 1 heterocycles. The average molecular weight is 379 g/mol. The number of rotatable bonds is 4. The maximum atomic E-state index is 12.6. The Morgan fingerprint density at radius 2 is 1.76 bits per heavy atom. The average Bonchev–Trinajstić information content (AvgIpc) is 2.65. The lowest BCUT2D eigenvalue weighted by Crippen LogP contribution is -3.19. The molecule has 2 N–H and O–H groups in total. The highest BCUT2D eigenvalue weighted by Crippen LogP contribution is 2.29. The van der Waals surface area contributed by atoms with Gasteiger partial charge < -0.3 is 15.1 Å². The first-order valence-corrected chi connectivity index (χ1v) is 9.21. The molecule has 1 aliphatic rings. The third-order valence-corrected chi connectivity index (χ3v) is 5.56. The molecule has 0 aromatic heterocycles. The highest BCUT2D eigenvalue weighted by Gasteiger charge is 2.29. The van der Waals surface area contributed by atoms with Crippen molar-refractivity contribution < 1.29 is 9.69 Å². The van der Waals surface area contributed by atoms with Gasteiger partial charge in [0.1, 0.15) is 0 Å².